The van der Waals surface area contributed by atoms with E-state index < -0.39 is 23.7 Å². The van der Waals surface area contributed by atoms with Gasteiger partial charge in [0.25, 0.3) is 0 Å². The Bertz CT molecular complexity index is 551. The number of hydrogen-bond donors (Lipinski definition) is 2. The predicted molar refractivity (Wildman–Crippen MR) is 91.3 cm³/mol. The highest BCUT2D eigenvalue weighted by Gasteiger charge is 2.25. The Labute approximate surface area is 143 Å². The molecule has 2 N–H and O–H groups in total. The second-order valence-electron chi connectivity index (χ2n) is 6.55. The number of amides is 1. The number of nitrogens with one attached hydrogen (secondary N) is 1. The molecule has 1 aromatic carbocycles. The summed E-state index contributed by atoms with van der Waals surface area (Å²) >= 11 is 0. The van der Waals surface area contributed by atoms with Crippen molar-refractivity contribution in [1.82, 2.24) is 5.32 Å². The lowest BCUT2D eigenvalue weighted by molar-refractivity contribution is -0.139. The van der Waals surface area contributed by atoms with Crippen LogP contribution in [0.4, 0.5) is 4.79 Å². The largest absolute Gasteiger partial charge is 0.493 e. The Morgan fingerprint density at radius 2 is 1.92 bits per heavy atom. The van der Waals surface area contributed by atoms with E-state index in [1.165, 1.54) is 0 Å². The molecule has 0 aromatic heterocycles. The third kappa shape index (κ3) is 7.35. The van der Waals surface area contributed by atoms with E-state index in [2.05, 4.69) is 12.2 Å². The van der Waals surface area contributed by atoms with E-state index in [1.807, 2.05) is 12.1 Å². The van der Waals surface area contributed by atoms with Crippen molar-refractivity contribution in [2.24, 2.45) is 0 Å². The molecule has 6 heteroatoms. The minimum atomic E-state index is -1.12. The number of hydrogen-bond acceptors (Lipinski definition) is 4. The lowest BCUT2D eigenvalue weighted by atomic mass is 10.0. The number of ether oxygens (including phenoxy) is 2. The summed E-state index contributed by atoms with van der Waals surface area (Å²) in [7, 11) is 0. The van der Waals surface area contributed by atoms with Crippen LogP contribution < -0.4 is 10.1 Å². The first-order chi connectivity index (χ1) is 11.2. The van der Waals surface area contributed by atoms with Crippen molar-refractivity contribution in [3.05, 3.63) is 29.8 Å². The summed E-state index contributed by atoms with van der Waals surface area (Å²) in [6.07, 6.45) is 1.31. The highest BCUT2D eigenvalue weighted by Crippen LogP contribution is 2.20. The Morgan fingerprint density at radius 3 is 2.50 bits per heavy atom. The molecule has 24 heavy (non-hydrogen) atoms. The first-order valence-corrected chi connectivity index (χ1v) is 8.16. The molecule has 0 spiro atoms. The fourth-order valence-corrected chi connectivity index (χ4v) is 2.01. The quantitative estimate of drug-likeness (QED) is 0.710. The van der Waals surface area contributed by atoms with Crippen molar-refractivity contribution < 1.29 is 24.2 Å². The fraction of sp³-hybridized carbons (Fsp3) is 0.556. The van der Waals surface area contributed by atoms with Gasteiger partial charge in [0.15, 0.2) is 0 Å². The molecular formula is C18H27NO5. The molecule has 1 amide bonds. The van der Waals surface area contributed by atoms with Crippen molar-refractivity contribution in [3.8, 4) is 5.75 Å². The molecule has 0 radical (unpaired) electrons. The summed E-state index contributed by atoms with van der Waals surface area (Å²) in [6.45, 7) is 7.81. The number of carbonyl (C=O) groups is 2. The SMILES string of the molecule is CCCCOc1ccccc1CC(NC(=O)OC(C)(C)C)C(=O)O. The van der Waals surface area contributed by atoms with Crippen molar-refractivity contribution in [1.29, 1.82) is 0 Å². The number of benzene rings is 1. The zero-order valence-corrected chi connectivity index (χ0v) is 14.8. The lowest BCUT2D eigenvalue weighted by Crippen LogP contribution is -2.44. The van der Waals surface area contributed by atoms with Gasteiger partial charge in [-0.05, 0) is 38.8 Å². The monoisotopic (exact) mass is 337 g/mol. The van der Waals surface area contributed by atoms with Crippen molar-refractivity contribution in [2.75, 3.05) is 6.61 Å². The van der Waals surface area contributed by atoms with Crippen LogP contribution in [0, 0.1) is 0 Å². The number of rotatable bonds is 8. The standard InChI is InChI=1S/C18H27NO5/c1-5-6-11-23-15-10-8-7-9-13(15)12-14(16(20)21)19-17(22)24-18(2,3)4/h7-10,14H,5-6,11-12H2,1-4H3,(H,19,22)(H,20,21). The molecule has 0 saturated carbocycles. The molecule has 1 unspecified atom stereocenters. The summed E-state index contributed by atoms with van der Waals surface area (Å²) in [5.41, 5.74) is 0.0472. The van der Waals surface area contributed by atoms with E-state index in [4.69, 9.17) is 9.47 Å². The lowest BCUT2D eigenvalue weighted by Gasteiger charge is -2.22. The Balaban J connectivity index is 2.78. The molecule has 134 valence electrons. The van der Waals surface area contributed by atoms with E-state index >= 15 is 0 Å². The molecule has 0 fully saturated rings. The maximum atomic E-state index is 11.8. The molecule has 0 aliphatic heterocycles. The van der Waals surface area contributed by atoms with E-state index in [9.17, 15) is 14.7 Å². The highest BCUT2D eigenvalue weighted by molar-refractivity contribution is 5.80. The van der Waals surface area contributed by atoms with Gasteiger partial charge in [-0.25, -0.2) is 9.59 Å². The van der Waals surface area contributed by atoms with Crippen LogP contribution in [0.5, 0.6) is 5.75 Å². The topological polar surface area (TPSA) is 84.9 Å². The van der Waals surface area contributed by atoms with Crippen LogP contribution in [0.1, 0.15) is 46.1 Å². The molecule has 0 aliphatic carbocycles. The maximum Gasteiger partial charge on any atom is 0.408 e. The van der Waals surface area contributed by atoms with Crippen LogP contribution in [0.15, 0.2) is 24.3 Å². The molecule has 6 nitrogen and oxygen atoms in total. The van der Waals surface area contributed by atoms with Gasteiger partial charge in [0.1, 0.15) is 17.4 Å². The van der Waals surface area contributed by atoms with Gasteiger partial charge in [-0.2, -0.15) is 0 Å². The average molecular weight is 337 g/mol. The van der Waals surface area contributed by atoms with E-state index in [1.54, 1.807) is 32.9 Å². The summed E-state index contributed by atoms with van der Waals surface area (Å²) in [5, 5.41) is 11.8. The Kier molecular flexibility index (Phi) is 7.55. The summed E-state index contributed by atoms with van der Waals surface area (Å²) in [6, 6.07) is 6.16. The maximum absolute atomic E-state index is 11.8. The van der Waals surface area contributed by atoms with E-state index in [0.717, 1.165) is 18.4 Å². The Hall–Kier alpha value is -2.24. The van der Waals surface area contributed by atoms with Crippen LogP contribution in [0.25, 0.3) is 0 Å². The van der Waals surface area contributed by atoms with E-state index in [0.29, 0.717) is 12.4 Å². The summed E-state index contributed by atoms with van der Waals surface area (Å²) < 4.78 is 10.8. The minimum absolute atomic E-state index is 0.122. The summed E-state index contributed by atoms with van der Waals surface area (Å²) in [5.74, 6) is -0.479. The molecule has 0 aliphatic rings. The number of para-hydroxylation sites is 1. The van der Waals surface area contributed by atoms with Crippen molar-refractivity contribution in [2.45, 2.75) is 58.6 Å². The molecule has 0 heterocycles. The van der Waals surface area contributed by atoms with Gasteiger partial charge in [0, 0.05) is 6.42 Å². The third-order valence-electron chi connectivity index (χ3n) is 3.14. The predicted octanol–water partition coefficient (Wildman–Crippen LogP) is 3.39. The van der Waals surface area contributed by atoms with Gasteiger partial charge < -0.3 is 19.9 Å². The van der Waals surface area contributed by atoms with Crippen LogP contribution in [0.3, 0.4) is 0 Å². The number of carbonyl (C=O) groups excluding carboxylic acids is 1. The van der Waals surface area contributed by atoms with Crippen LogP contribution in [0.2, 0.25) is 0 Å². The van der Waals surface area contributed by atoms with Crippen LogP contribution >= 0.6 is 0 Å². The fourth-order valence-electron chi connectivity index (χ4n) is 2.01. The van der Waals surface area contributed by atoms with Gasteiger partial charge in [0.2, 0.25) is 0 Å². The van der Waals surface area contributed by atoms with Gasteiger partial charge in [0.05, 0.1) is 6.61 Å². The van der Waals surface area contributed by atoms with E-state index in [-0.39, 0.29) is 6.42 Å². The normalized spacial score (nSPS) is 12.3. The number of carboxylic acid groups (broad SMARTS) is 1. The number of unbranched alkanes of at least 4 members (excludes halogenated alkanes) is 1. The van der Waals surface area contributed by atoms with Gasteiger partial charge in [-0.1, -0.05) is 31.5 Å². The van der Waals surface area contributed by atoms with Crippen LogP contribution in [-0.2, 0) is 16.0 Å². The smallest absolute Gasteiger partial charge is 0.408 e. The molecule has 1 atom stereocenters. The minimum Gasteiger partial charge on any atom is -0.493 e. The Morgan fingerprint density at radius 1 is 1.25 bits per heavy atom. The molecule has 1 rings (SSSR count). The third-order valence-corrected chi connectivity index (χ3v) is 3.14. The zero-order valence-electron chi connectivity index (χ0n) is 14.8. The average Bonchev–Trinajstić information content (AvgIpc) is 2.46. The molecule has 0 bridgehead atoms. The number of aliphatic carboxylic acids is 1. The highest BCUT2D eigenvalue weighted by atomic mass is 16.6. The molecular weight excluding hydrogens is 310 g/mol. The number of carboxylic acids is 1. The second kappa shape index (κ2) is 9.15. The van der Waals surface area contributed by atoms with Crippen LogP contribution in [-0.4, -0.2) is 35.4 Å². The van der Waals surface area contributed by atoms with Gasteiger partial charge in [-0.3, -0.25) is 0 Å². The zero-order chi connectivity index (χ0) is 18.2. The second-order valence-corrected chi connectivity index (χ2v) is 6.55. The first-order valence-electron chi connectivity index (χ1n) is 8.16. The molecule has 0 saturated heterocycles. The summed E-state index contributed by atoms with van der Waals surface area (Å²) in [4.78, 5) is 23.3. The molecule has 1 aromatic rings. The van der Waals surface area contributed by atoms with Crippen molar-refractivity contribution >= 4 is 12.1 Å². The first kappa shape index (κ1) is 19.8. The van der Waals surface area contributed by atoms with Crippen molar-refractivity contribution in [3.63, 3.8) is 0 Å². The number of alkyl carbamates (subject to hydrolysis) is 1. The van der Waals surface area contributed by atoms with Gasteiger partial charge >= 0.3 is 12.1 Å². The van der Waals surface area contributed by atoms with Gasteiger partial charge in [-0.15, -0.1) is 0 Å².